The Morgan fingerprint density at radius 3 is 1.56 bits per heavy atom. The molecule has 5 nitrogen and oxygen atoms in total. The number of fused-ring (bicyclic) bond motifs is 7. The van der Waals surface area contributed by atoms with Gasteiger partial charge in [-0.25, -0.2) is 15.0 Å². The van der Waals surface area contributed by atoms with Gasteiger partial charge >= 0.3 is 0 Å². The number of furan rings is 2. The highest BCUT2D eigenvalue weighted by Crippen LogP contribution is 2.47. The Balaban J connectivity index is 1.20. The van der Waals surface area contributed by atoms with Crippen molar-refractivity contribution >= 4 is 65.4 Å². The molecule has 50 heavy (non-hydrogen) atoms. The third-order valence-electron chi connectivity index (χ3n) is 9.88. The van der Waals surface area contributed by atoms with Gasteiger partial charge in [0.05, 0.1) is 0 Å². The molecule has 0 saturated carbocycles. The van der Waals surface area contributed by atoms with Crippen LogP contribution in [0.2, 0.25) is 0 Å². The fourth-order valence-corrected chi connectivity index (χ4v) is 7.61. The molecular formula is C45H25N3O2. The van der Waals surface area contributed by atoms with Crippen LogP contribution in [0.3, 0.4) is 0 Å². The lowest BCUT2D eigenvalue weighted by atomic mass is 9.91. The molecule has 8 aromatic carbocycles. The van der Waals surface area contributed by atoms with Crippen molar-refractivity contribution in [3.8, 4) is 45.3 Å². The van der Waals surface area contributed by atoms with E-state index in [9.17, 15) is 0 Å². The normalized spacial score (nSPS) is 12.0. The molecular weight excluding hydrogens is 615 g/mol. The Morgan fingerprint density at radius 2 is 0.780 bits per heavy atom. The maximum atomic E-state index is 6.62. The third-order valence-corrected chi connectivity index (χ3v) is 9.88. The molecule has 0 aliphatic carbocycles. The second kappa shape index (κ2) is 10.3. The molecule has 11 aromatic rings. The lowest BCUT2D eigenvalue weighted by molar-refractivity contribution is 0.669. The highest BCUT2D eigenvalue weighted by molar-refractivity contribution is 6.39. The average molecular weight is 640 g/mol. The molecule has 3 aromatic heterocycles. The predicted octanol–water partition coefficient (Wildman–Crippen LogP) is 12.1. The van der Waals surface area contributed by atoms with Crippen LogP contribution in [0.4, 0.5) is 0 Å². The number of benzene rings is 8. The zero-order chi connectivity index (χ0) is 32.8. The van der Waals surface area contributed by atoms with Crippen LogP contribution in [-0.4, -0.2) is 15.0 Å². The Bertz CT molecular complexity index is 3070. The molecule has 0 fully saturated rings. The number of nitrogens with zero attached hydrogens (tertiary/aromatic N) is 3. The van der Waals surface area contributed by atoms with Crippen LogP contribution >= 0.6 is 0 Å². The summed E-state index contributed by atoms with van der Waals surface area (Å²) in [6.45, 7) is 0. The van der Waals surface area contributed by atoms with Crippen molar-refractivity contribution in [3.63, 3.8) is 0 Å². The molecule has 0 aliphatic rings. The van der Waals surface area contributed by atoms with E-state index in [4.69, 9.17) is 23.8 Å². The molecule has 0 radical (unpaired) electrons. The molecule has 0 spiro atoms. The van der Waals surface area contributed by atoms with E-state index < -0.39 is 0 Å². The zero-order valence-electron chi connectivity index (χ0n) is 26.6. The van der Waals surface area contributed by atoms with Gasteiger partial charge < -0.3 is 8.83 Å². The number of hydrogen-bond donors (Lipinski definition) is 0. The number of aromatic nitrogens is 3. The van der Waals surface area contributed by atoms with Gasteiger partial charge in [-0.05, 0) is 63.7 Å². The molecule has 0 saturated heterocycles. The first kappa shape index (κ1) is 27.1. The standard InChI is InChI=1S/C45H25N3O2/c1-3-10-26(11-4-1)27-18-20-29(21-19-27)44-46-43(28-12-5-2-6-13-28)47-45(48-44)30-24-34-39-32(22-23-37-41(39)33-14-7-8-16-35(33)49-37)31-15-9-17-36-40(31)42(34)38(25-30)50-36/h1-25H. The van der Waals surface area contributed by atoms with E-state index in [1.165, 1.54) is 0 Å². The van der Waals surface area contributed by atoms with Crippen LogP contribution in [-0.2, 0) is 0 Å². The van der Waals surface area contributed by atoms with Gasteiger partial charge in [-0.15, -0.1) is 0 Å². The monoisotopic (exact) mass is 639 g/mol. The number of para-hydroxylation sites is 1. The van der Waals surface area contributed by atoms with Crippen molar-refractivity contribution in [1.29, 1.82) is 0 Å². The second-order valence-corrected chi connectivity index (χ2v) is 12.8. The minimum Gasteiger partial charge on any atom is -0.456 e. The van der Waals surface area contributed by atoms with Gasteiger partial charge in [-0.2, -0.15) is 0 Å². The van der Waals surface area contributed by atoms with Crippen molar-refractivity contribution < 1.29 is 8.83 Å². The largest absolute Gasteiger partial charge is 0.456 e. The van der Waals surface area contributed by atoms with Crippen molar-refractivity contribution in [2.75, 3.05) is 0 Å². The predicted molar refractivity (Wildman–Crippen MR) is 202 cm³/mol. The fraction of sp³-hybridized carbons (Fsp3) is 0. The fourth-order valence-electron chi connectivity index (χ4n) is 7.61. The molecule has 5 heteroatoms. The molecule has 0 bridgehead atoms. The topological polar surface area (TPSA) is 65.0 Å². The van der Waals surface area contributed by atoms with E-state index in [1.807, 2.05) is 54.6 Å². The van der Waals surface area contributed by atoms with Gasteiger partial charge in [-0.3, -0.25) is 0 Å². The lowest BCUT2D eigenvalue weighted by Gasteiger charge is -2.12. The van der Waals surface area contributed by atoms with Crippen LogP contribution < -0.4 is 0 Å². The Hall–Kier alpha value is -6.85. The van der Waals surface area contributed by atoms with Crippen molar-refractivity contribution in [1.82, 2.24) is 15.0 Å². The summed E-state index contributed by atoms with van der Waals surface area (Å²) >= 11 is 0. The van der Waals surface area contributed by atoms with Gasteiger partial charge in [0, 0.05) is 43.6 Å². The summed E-state index contributed by atoms with van der Waals surface area (Å²) in [4.78, 5) is 15.2. The summed E-state index contributed by atoms with van der Waals surface area (Å²) in [6, 6.07) is 52.0. The first-order valence-corrected chi connectivity index (χ1v) is 16.7. The van der Waals surface area contributed by atoms with E-state index in [0.29, 0.717) is 17.5 Å². The average Bonchev–Trinajstić information content (AvgIpc) is 3.77. The molecule has 11 rings (SSSR count). The molecule has 0 unspecified atom stereocenters. The summed E-state index contributed by atoms with van der Waals surface area (Å²) in [5, 5.41) is 8.94. The Morgan fingerprint density at radius 1 is 0.280 bits per heavy atom. The van der Waals surface area contributed by atoms with Crippen molar-refractivity contribution in [2.24, 2.45) is 0 Å². The third kappa shape index (κ3) is 3.98. The van der Waals surface area contributed by atoms with Crippen LogP contribution in [0.25, 0.3) is 111 Å². The van der Waals surface area contributed by atoms with E-state index >= 15 is 0 Å². The van der Waals surface area contributed by atoms with Crippen molar-refractivity contribution in [3.05, 3.63) is 152 Å². The summed E-state index contributed by atoms with van der Waals surface area (Å²) in [7, 11) is 0. The maximum Gasteiger partial charge on any atom is 0.164 e. The van der Waals surface area contributed by atoms with Gasteiger partial charge in [0.25, 0.3) is 0 Å². The molecule has 3 heterocycles. The first-order valence-electron chi connectivity index (χ1n) is 16.7. The minimum absolute atomic E-state index is 0.580. The summed E-state index contributed by atoms with van der Waals surface area (Å²) in [5.41, 5.74) is 8.37. The van der Waals surface area contributed by atoms with Crippen LogP contribution in [0.5, 0.6) is 0 Å². The van der Waals surface area contributed by atoms with Crippen LogP contribution in [0.1, 0.15) is 0 Å². The van der Waals surface area contributed by atoms with Crippen LogP contribution in [0, 0.1) is 0 Å². The van der Waals surface area contributed by atoms with Crippen LogP contribution in [0.15, 0.2) is 160 Å². The molecule has 232 valence electrons. The Labute approximate surface area is 285 Å². The quantitative estimate of drug-likeness (QED) is 0.179. The minimum atomic E-state index is 0.580. The van der Waals surface area contributed by atoms with Gasteiger partial charge in [0.1, 0.15) is 22.3 Å². The lowest BCUT2D eigenvalue weighted by Crippen LogP contribution is -2.00. The van der Waals surface area contributed by atoms with E-state index in [2.05, 4.69) is 97.1 Å². The molecule has 0 amide bonds. The van der Waals surface area contributed by atoms with Gasteiger partial charge in [0.2, 0.25) is 0 Å². The smallest absolute Gasteiger partial charge is 0.164 e. The highest BCUT2D eigenvalue weighted by atomic mass is 16.3. The molecule has 0 N–H and O–H groups in total. The SMILES string of the molecule is c1ccc(-c2ccc(-c3nc(-c4ccccc4)nc(-c4cc5oc6cccc7c8ccc9oc%10ccccc%10c9c8c(c4)c5c67)n3)cc2)cc1. The van der Waals surface area contributed by atoms with E-state index in [-0.39, 0.29) is 0 Å². The zero-order valence-corrected chi connectivity index (χ0v) is 26.6. The first-order chi connectivity index (χ1) is 24.8. The highest BCUT2D eigenvalue weighted by Gasteiger charge is 2.23. The number of rotatable bonds is 4. The summed E-state index contributed by atoms with van der Waals surface area (Å²) in [6.07, 6.45) is 0. The number of hydrogen-bond acceptors (Lipinski definition) is 5. The van der Waals surface area contributed by atoms with Crippen molar-refractivity contribution in [2.45, 2.75) is 0 Å². The molecule has 0 aliphatic heterocycles. The summed E-state index contributed by atoms with van der Waals surface area (Å²) in [5.74, 6) is 1.80. The van der Waals surface area contributed by atoms with E-state index in [0.717, 1.165) is 93.2 Å². The Kier molecular flexibility index (Phi) is 5.60. The van der Waals surface area contributed by atoms with Gasteiger partial charge in [-0.1, -0.05) is 115 Å². The maximum absolute atomic E-state index is 6.62. The second-order valence-electron chi connectivity index (χ2n) is 12.8. The van der Waals surface area contributed by atoms with E-state index in [1.54, 1.807) is 0 Å². The molecule has 0 atom stereocenters. The van der Waals surface area contributed by atoms with Gasteiger partial charge in [0.15, 0.2) is 17.5 Å². The summed E-state index contributed by atoms with van der Waals surface area (Å²) < 4.78 is 13.0.